The zero-order valence-electron chi connectivity index (χ0n) is 12.1. The van der Waals surface area contributed by atoms with Crippen LogP contribution in [0.15, 0.2) is 5.16 Å². The Morgan fingerprint density at radius 3 is 2.58 bits per heavy atom. The van der Waals surface area contributed by atoms with Crippen molar-refractivity contribution in [3.8, 4) is 0 Å². The predicted molar refractivity (Wildman–Crippen MR) is 75.1 cm³/mol. The molecule has 0 spiro atoms. The van der Waals surface area contributed by atoms with Crippen molar-refractivity contribution >= 4 is 11.7 Å². The van der Waals surface area contributed by atoms with Gasteiger partial charge in [0.25, 0.3) is 0 Å². The van der Waals surface area contributed by atoms with Crippen molar-refractivity contribution in [2.75, 3.05) is 19.6 Å². The van der Waals surface area contributed by atoms with Crippen LogP contribution in [0.2, 0.25) is 0 Å². The molecule has 1 fully saturated rings. The normalized spacial score (nSPS) is 18.7. The van der Waals surface area contributed by atoms with Gasteiger partial charge in [0.05, 0.1) is 6.04 Å². The highest BCUT2D eigenvalue weighted by Gasteiger charge is 2.25. The molecule has 0 bridgehead atoms. The molecule has 1 heterocycles. The first-order valence-corrected chi connectivity index (χ1v) is 6.88. The van der Waals surface area contributed by atoms with Crippen LogP contribution in [-0.2, 0) is 4.79 Å². The highest BCUT2D eigenvalue weighted by atomic mass is 16.4. The molecule has 0 saturated carbocycles. The first-order chi connectivity index (χ1) is 8.88. The maximum Gasteiger partial charge on any atom is 0.239 e. The van der Waals surface area contributed by atoms with Crippen LogP contribution >= 0.6 is 0 Å². The summed E-state index contributed by atoms with van der Waals surface area (Å²) in [5.41, 5.74) is 5.25. The van der Waals surface area contributed by atoms with Gasteiger partial charge in [-0.05, 0) is 32.7 Å². The van der Waals surface area contributed by atoms with Crippen molar-refractivity contribution in [3.05, 3.63) is 0 Å². The van der Waals surface area contributed by atoms with Crippen molar-refractivity contribution < 1.29 is 10.0 Å². The number of amides is 1. The van der Waals surface area contributed by atoms with E-state index in [0.717, 1.165) is 25.9 Å². The standard InChI is InChI=1S/C13H26N4O2/c1-10(11(18)17-8-4-5-9-17)15-7-6-13(2,3)12(14)16-19/h10,15,19H,4-9H2,1-3H3,(H2,14,16). The molecule has 110 valence electrons. The van der Waals surface area contributed by atoms with Gasteiger partial charge in [0.1, 0.15) is 5.84 Å². The molecular weight excluding hydrogens is 244 g/mol. The third kappa shape index (κ3) is 4.38. The van der Waals surface area contributed by atoms with Crippen LogP contribution in [-0.4, -0.2) is 47.5 Å². The maximum atomic E-state index is 12.1. The lowest BCUT2D eigenvalue weighted by Gasteiger charge is -2.25. The average molecular weight is 270 g/mol. The van der Waals surface area contributed by atoms with Gasteiger partial charge >= 0.3 is 0 Å². The molecule has 1 atom stereocenters. The lowest BCUT2D eigenvalue weighted by molar-refractivity contribution is -0.131. The van der Waals surface area contributed by atoms with Crippen LogP contribution in [0.5, 0.6) is 0 Å². The highest BCUT2D eigenvalue weighted by Crippen LogP contribution is 2.19. The third-order valence-electron chi connectivity index (χ3n) is 3.79. The summed E-state index contributed by atoms with van der Waals surface area (Å²) in [4.78, 5) is 14.0. The summed E-state index contributed by atoms with van der Waals surface area (Å²) in [6.07, 6.45) is 2.92. The smallest absolute Gasteiger partial charge is 0.239 e. The Bertz CT molecular complexity index is 336. The van der Waals surface area contributed by atoms with E-state index in [1.165, 1.54) is 0 Å². The molecular formula is C13H26N4O2. The highest BCUT2D eigenvalue weighted by molar-refractivity contribution is 5.85. The second-order valence-electron chi connectivity index (χ2n) is 5.83. The molecule has 19 heavy (non-hydrogen) atoms. The predicted octanol–water partition coefficient (Wildman–Crippen LogP) is 0.750. The number of amidine groups is 1. The molecule has 4 N–H and O–H groups in total. The largest absolute Gasteiger partial charge is 0.409 e. The molecule has 1 unspecified atom stereocenters. The van der Waals surface area contributed by atoms with E-state index in [4.69, 9.17) is 10.9 Å². The van der Waals surface area contributed by atoms with Gasteiger partial charge in [-0.15, -0.1) is 0 Å². The van der Waals surface area contributed by atoms with Crippen LogP contribution < -0.4 is 11.1 Å². The van der Waals surface area contributed by atoms with Crippen LogP contribution in [0, 0.1) is 5.41 Å². The molecule has 1 amide bonds. The molecule has 0 aliphatic carbocycles. The monoisotopic (exact) mass is 270 g/mol. The number of nitrogens with zero attached hydrogens (tertiary/aromatic N) is 2. The lowest BCUT2D eigenvalue weighted by Crippen LogP contribution is -2.45. The van der Waals surface area contributed by atoms with E-state index in [2.05, 4.69) is 10.5 Å². The topological polar surface area (TPSA) is 91.0 Å². The summed E-state index contributed by atoms with van der Waals surface area (Å²) in [5, 5.41) is 15.0. The van der Waals surface area contributed by atoms with Crippen LogP contribution in [0.3, 0.4) is 0 Å². The summed E-state index contributed by atoms with van der Waals surface area (Å²) in [5.74, 6) is 0.381. The zero-order chi connectivity index (χ0) is 14.5. The number of hydrogen-bond donors (Lipinski definition) is 3. The SMILES string of the molecule is CC(NCCC(C)(C)C(N)=NO)C(=O)N1CCCC1. The summed E-state index contributed by atoms with van der Waals surface area (Å²) in [7, 11) is 0. The van der Waals surface area contributed by atoms with E-state index in [-0.39, 0.29) is 23.2 Å². The molecule has 1 rings (SSSR count). The molecule has 1 aliphatic rings. The second-order valence-corrected chi connectivity index (χ2v) is 5.83. The second kappa shape index (κ2) is 6.75. The minimum atomic E-state index is -0.377. The lowest BCUT2D eigenvalue weighted by atomic mass is 9.88. The Labute approximate surface area is 115 Å². The molecule has 0 radical (unpaired) electrons. The van der Waals surface area contributed by atoms with E-state index < -0.39 is 0 Å². The number of nitrogens with two attached hydrogens (primary N) is 1. The number of hydrogen-bond acceptors (Lipinski definition) is 4. The van der Waals surface area contributed by atoms with Gasteiger partial charge in [0.2, 0.25) is 5.91 Å². The van der Waals surface area contributed by atoms with Crippen molar-refractivity contribution in [1.82, 2.24) is 10.2 Å². The average Bonchev–Trinajstić information content (AvgIpc) is 2.90. The zero-order valence-corrected chi connectivity index (χ0v) is 12.1. The molecule has 0 aromatic heterocycles. The Kier molecular flexibility index (Phi) is 5.60. The maximum absolute atomic E-state index is 12.1. The quantitative estimate of drug-likeness (QED) is 0.287. The Morgan fingerprint density at radius 2 is 2.05 bits per heavy atom. The molecule has 0 aromatic rings. The van der Waals surface area contributed by atoms with Crippen molar-refractivity contribution in [1.29, 1.82) is 0 Å². The van der Waals surface area contributed by atoms with Crippen LogP contribution in [0.25, 0.3) is 0 Å². The molecule has 1 saturated heterocycles. The molecule has 0 aromatic carbocycles. The van der Waals surface area contributed by atoms with E-state index in [1.54, 1.807) is 0 Å². The molecule has 6 heteroatoms. The fourth-order valence-electron chi connectivity index (χ4n) is 2.16. The number of carbonyl (C=O) groups is 1. The van der Waals surface area contributed by atoms with Gasteiger partial charge in [-0.3, -0.25) is 4.79 Å². The number of nitrogens with one attached hydrogen (secondary N) is 1. The van der Waals surface area contributed by atoms with Crippen molar-refractivity contribution in [2.24, 2.45) is 16.3 Å². The minimum Gasteiger partial charge on any atom is -0.409 e. The van der Waals surface area contributed by atoms with Gasteiger partial charge in [0.15, 0.2) is 0 Å². The van der Waals surface area contributed by atoms with E-state index in [1.807, 2.05) is 25.7 Å². The number of rotatable bonds is 6. The van der Waals surface area contributed by atoms with E-state index >= 15 is 0 Å². The third-order valence-corrected chi connectivity index (χ3v) is 3.79. The van der Waals surface area contributed by atoms with E-state index in [0.29, 0.717) is 13.0 Å². The molecule has 6 nitrogen and oxygen atoms in total. The summed E-state index contributed by atoms with van der Waals surface area (Å²) >= 11 is 0. The summed E-state index contributed by atoms with van der Waals surface area (Å²) in [6.45, 7) is 8.12. The summed E-state index contributed by atoms with van der Waals surface area (Å²) < 4.78 is 0. The Morgan fingerprint density at radius 1 is 1.47 bits per heavy atom. The number of carbonyl (C=O) groups excluding carboxylic acids is 1. The van der Waals surface area contributed by atoms with Crippen molar-refractivity contribution in [3.63, 3.8) is 0 Å². The van der Waals surface area contributed by atoms with E-state index in [9.17, 15) is 4.79 Å². The van der Waals surface area contributed by atoms with Gasteiger partial charge in [-0.1, -0.05) is 19.0 Å². The number of likely N-dealkylation sites (tertiary alicyclic amines) is 1. The summed E-state index contributed by atoms with van der Waals surface area (Å²) in [6, 6.07) is -0.179. The first-order valence-electron chi connectivity index (χ1n) is 6.88. The van der Waals surface area contributed by atoms with Gasteiger partial charge in [0, 0.05) is 18.5 Å². The van der Waals surface area contributed by atoms with Gasteiger partial charge < -0.3 is 21.2 Å². The van der Waals surface area contributed by atoms with Crippen LogP contribution in [0.4, 0.5) is 0 Å². The van der Waals surface area contributed by atoms with Gasteiger partial charge in [-0.2, -0.15) is 0 Å². The Balaban J connectivity index is 2.34. The fourth-order valence-corrected chi connectivity index (χ4v) is 2.16. The fraction of sp³-hybridized carbons (Fsp3) is 0.846. The molecule has 1 aliphatic heterocycles. The minimum absolute atomic E-state index is 0.166. The van der Waals surface area contributed by atoms with Crippen LogP contribution in [0.1, 0.15) is 40.0 Å². The number of oxime groups is 1. The Hall–Kier alpha value is -1.30. The van der Waals surface area contributed by atoms with Crippen molar-refractivity contribution in [2.45, 2.75) is 46.1 Å². The van der Waals surface area contributed by atoms with Gasteiger partial charge in [-0.25, -0.2) is 0 Å². The first kappa shape index (κ1) is 15.8.